The molecule has 2 aromatic carbocycles. The number of benzene rings is 2. The topological polar surface area (TPSA) is 9.72 Å². The maximum absolute atomic E-state index is 6.03. The minimum atomic E-state index is 0.772. The Kier molecular flexibility index (Phi) is 4.63. The molecule has 2 aromatic rings. The smallest absolute Gasteiger partial charge is 0.0406 e. The summed E-state index contributed by atoms with van der Waals surface area (Å²) in [6, 6.07) is 13.9. The van der Waals surface area contributed by atoms with Crippen LogP contribution in [-0.2, 0) is 19.6 Å². The van der Waals surface area contributed by atoms with Gasteiger partial charge in [-0.1, -0.05) is 23.7 Å². The van der Waals surface area contributed by atoms with Crippen molar-refractivity contribution in [2.45, 2.75) is 45.4 Å². The third-order valence-electron chi connectivity index (χ3n) is 6.60. The van der Waals surface area contributed by atoms with Gasteiger partial charge in [-0.05, 0) is 72.8 Å². The van der Waals surface area contributed by atoms with Gasteiger partial charge in [-0.3, -0.25) is 9.80 Å². The van der Waals surface area contributed by atoms with Crippen molar-refractivity contribution in [1.82, 2.24) is 9.80 Å². The third-order valence-corrected chi connectivity index (χ3v) is 6.85. The fraction of sp³-hybridized carbons (Fsp3) is 0.478. The Morgan fingerprint density at radius 1 is 1.04 bits per heavy atom. The molecule has 2 fully saturated rings. The van der Waals surface area contributed by atoms with Crippen molar-refractivity contribution in [3.63, 3.8) is 0 Å². The Balaban J connectivity index is 1.32. The van der Waals surface area contributed by atoms with E-state index in [1.807, 2.05) is 12.1 Å². The molecular weight excluding hydrogens is 354 g/mol. The van der Waals surface area contributed by atoms with Crippen molar-refractivity contribution in [3.05, 3.63) is 63.7 Å². The molecule has 0 amide bonds. The second-order valence-corrected chi connectivity index (χ2v) is 8.89. The Morgan fingerprint density at radius 3 is 2.74 bits per heavy atom. The molecule has 142 valence electrons. The summed E-state index contributed by atoms with van der Waals surface area (Å²) in [4.78, 5) is 7.85. The number of rotatable bonds is 3. The van der Waals surface area contributed by atoms with Crippen LogP contribution in [0.15, 0.2) is 36.4 Å². The summed E-state index contributed by atoms with van der Waals surface area (Å²) in [7, 11) is 0. The predicted molar refractivity (Wildman–Crippen MR) is 112 cm³/mol. The second-order valence-electron chi connectivity index (χ2n) is 8.45. The zero-order valence-corrected chi connectivity index (χ0v) is 16.9. The van der Waals surface area contributed by atoms with Crippen molar-refractivity contribution >= 4 is 17.3 Å². The highest BCUT2D eigenvalue weighted by Gasteiger charge is 2.31. The fourth-order valence-electron chi connectivity index (χ4n) is 5.13. The first kappa shape index (κ1) is 17.5. The van der Waals surface area contributed by atoms with E-state index < -0.39 is 0 Å². The molecule has 3 aliphatic heterocycles. The predicted octanol–water partition coefficient (Wildman–Crippen LogP) is 4.45. The molecular formula is C23H28ClN3. The van der Waals surface area contributed by atoms with Gasteiger partial charge in [0.15, 0.2) is 0 Å². The van der Waals surface area contributed by atoms with Crippen LogP contribution in [0.4, 0.5) is 5.69 Å². The van der Waals surface area contributed by atoms with E-state index in [0.29, 0.717) is 0 Å². The van der Waals surface area contributed by atoms with E-state index in [4.69, 9.17) is 11.6 Å². The highest BCUT2D eigenvalue weighted by molar-refractivity contribution is 6.30. The zero-order valence-electron chi connectivity index (χ0n) is 16.1. The summed E-state index contributed by atoms with van der Waals surface area (Å²) >= 11 is 6.03. The van der Waals surface area contributed by atoms with Crippen molar-refractivity contribution < 1.29 is 0 Å². The van der Waals surface area contributed by atoms with Gasteiger partial charge >= 0.3 is 0 Å². The van der Waals surface area contributed by atoms with Crippen LogP contribution in [0.3, 0.4) is 0 Å². The van der Waals surface area contributed by atoms with Gasteiger partial charge < -0.3 is 4.90 Å². The van der Waals surface area contributed by atoms with E-state index in [1.165, 1.54) is 67.0 Å². The van der Waals surface area contributed by atoms with Crippen molar-refractivity contribution in [2.24, 2.45) is 0 Å². The van der Waals surface area contributed by atoms with Crippen molar-refractivity contribution in [3.8, 4) is 0 Å². The van der Waals surface area contributed by atoms with Crippen molar-refractivity contribution in [2.75, 3.05) is 31.1 Å². The van der Waals surface area contributed by atoms with Crippen LogP contribution in [-0.4, -0.2) is 42.0 Å². The van der Waals surface area contributed by atoms with Gasteiger partial charge in [-0.15, -0.1) is 0 Å². The van der Waals surface area contributed by atoms with Crippen molar-refractivity contribution in [1.29, 1.82) is 0 Å². The van der Waals surface area contributed by atoms with Crippen LogP contribution in [0, 0.1) is 6.92 Å². The van der Waals surface area contributed by atoms with Gasteiger partial charge in [-0.25, -0.2) is 0 Å². The van der Waals surface area contributed by atoms with E-state index in [1.54, 1.807) is 0 Å². The SMILES string of the molecule is Cc1cc(N2CCN3CCCC3C2)cc2c1CN(Cc1ccc(Cl)cc1)C2. The molecule has 3 aliphatic rings. The Bertz CT molecular complexity index is 832. The lowest BCUT2D eigenvalue weighted by Gasteiger charge is -2.39. The standard InChI is InChI=1S/C23H28ClN3/c1-17-11-22(27-10-9-26-8-2-3-21(26)15-27)12-19-14-25(16-23(17)19)13-18-4-6-20(24)7-5-18/h4-7,11-12,21H,2-3,8-10,13-16H2,1H3. The molecule has 0 spiro atoms. The number of hydrogen-bond acceptors (Lipinski definition) is 3. The van der Waals surface area contributed by atoms with E-state index in [9.17, 15) is 0 Å². The zero-order chi connectivity index (χ0) is 18.4. The molecule has 0 bridgehead atoms. The summed E-state index contributed by atoms with van der Waals surface area (Å²) in [5, 5.41) is 0.811. The number of nitrogens with zero attached hydrogens (tertiary/aromatic N) is 3. The molecule has 0 radical (unpaired) electrons. The van der Waals surface area contributed by atoms with Crippen LogP contribution in [0.1, 0.15) is 35.1 Å². The Morgan fingerprint density at radius 2 is 1.89 bits per heavy atom. The quantitative estimate of drug-likeness (QED) is 0.777. The maximum Gasteiger partial charge on any atom is 0.0406 e. The molecule has 0 aliphatic carbocycles. The van der Waals surface area contributed by atoms with Gasteiger partial charge in [-0.2, -0.15) is 0 Å². The molecule has 0 N–H and O–H groups in total. The van der Waals surface area contributed by atoms with Crippen LogP contribution in [0.5, 0.6) is 0 Å². The molecule has 27 heavy (non-hydrogen) atoms. The monoisotopic (exact) mass is 381 g/mol. The van der Waals surface area contributed by atoms with Gasteiger partial charge in [0, 0.05) is 56.0 Å². The number of fused-ring (bicyclic) bond motifs is 2. The summed E-state index contributed by atoms with van der Waals surface area (Å²) < 4.78 is 0. The fourth-order valence-corrected chi connectivity index (χ4v) is 5.25. The minimum Gasteiger partial charge on any atom is -0.369 e. The number of piperazine rings is 1. The van der Waals surface area contributed by atoms with E-state index in [0.717, 1.165) is 30.7 Å². The van der Waals surface area contributed by atoms with Crippen LogP contribution in [0.2, 0.25) is 5.02 Å². The molecule has 0 aromatic heterocycles. The number of aryl methyl sites for hydroxylation is 1. The normalized spacial score (nSPS) is 22.9. The van der Waals surface area contributed by atoms with Gasteiger partial charge in [0.05, 0.1) is 0 Å². The highest BCUT2D eigenvalue weighted by atomic mass is 35.5. The summed E-state index contributed by atoms with van der Waals surface area (Å²) in [5.41, 5.74) is 7.28. The summed E-state index contributed by atoms with van der Waals surface area (Å²) in [5.74, 6) is 0. The number of halogens is 1. The molecule has 3 nitrogen and oxygen atoms in total. The summed E-state index contributed by atoms with van der Waals surface area (Å²) in [6.45, 7) is 10.3. The number of anilines is 1. The Hall–Kier alpha value is -1.55. The van der Waals surface area contributed by atoms with Crippen LogP contribution >= 0.6 is 11.6 Å². The second kappa shape index (κ2) is 7.12. The number of hydrogen-bond donors (Lipinski definition) is 0. The largest absolute Gasteiger partial charge is 0.369 e. The maximum atomic E-state index is 6.03. The lowest BCUT2D eigenvalue weighted by atomic mass is 10.0. The van der Waals surface area contributed by atoms with E-state index in [-0.39, 0.29) is 0 Å². The average molecular weight is 382 g/mol. The van der Waals surface area contributed by atoms with Gasteiger partial charge in [0.2, 0.25) is 0 Å². The van der Waals surface area contributed by atoms with Gasteiger partial charge in [0.25, 0.3) is 0 Å². The molecule has 1 atom stereocenters. The molecule has 0 saturated carbocycles. The first-order valence-corrected chi connectivity index (χ1v) is 10.6. The average Bonchev–Trinajstić information content (AvgIpc) is 3.29. The van der Waals surface area contributed by atoms with E-state index in [2.05, 4.69) is 45.9 Å². The summed E-state index contributed by atoms with van der Waals surface area (Å²) in [6.07, 6.45) is 2.75. The van der Waals surface area contributed by atoms with Gasteiger partial charge in [0.1, 0.15) is 0 Å². The lowest BCUT2D eigenvalue weighted by Crippen LogP contribution is -2.50. The van der Waals surface area contributed by atoms with Crippen LogP contribution in [0.25, 0.3) is 0 Å². The molecule has 2 saturated heterocycles. The molecule has 3 heterocycles. The third kappa shape index (κ3) is 3.49. The minimum absolute atomic E-state index is 0.772. The highest BCUT2D eigenvalue weighted by Crippen LogP contribution is 2.33. The molecule has 5 rings (SSSR count). The Labute approximate surface area is 167 Å². The lowest BCUT2D eigenvalue weighted by molar-refractivity contribution is 0.231. The molecule has 4 heteroatoms. The molecule has 1 unspecified atom stereocenters. The van der Waals surface area contributed by atoms with E-state index >= 15 is 0 Å². The first-order valence-electron chi connectivity index (χ1n) is 10.2. The van der Waals surface area contributed by atoms with Crippen LogP contribution < -0.4 is 4.90 Å². The first-order chi connectivity index (χ1) is 13.2.